The minimum absolute atomic E-state index is 0.00423. The van der Waals surface area contributed by atoms with Gasteiger partial charge in [-0.25, -0.2) is 4.98 Å². The van der Waals surface area contributed by atoms with Gasteiger partial charge in [0.05, 0.1) is 7.11 Å². The van der Waals surface area contributed by atoms with Gasteiger partial charge in [-0.05, 0) is 60.7 Å². The first-order valence-electron chi connectivity index (χ1n) is 9.16. The second kappa shape index (κ2) is 10.5. The maximum Gasteiger partial charge on any atom is 0.256 e. The molecule has 1 atom stereocenters. The zero-order chi connectivity index (χ0) is 21.3. The van der Waals surface area contributed by atoms with Crippen molar-refractivity contribution in [2.45, 2.75) is 6.10 Å². The number of aliphatic hydroxyl groups is 1. The number of carbonyl (C=O) groups excluding carboxylic acids is 1. The topological polar surface area (TPSA) is 89.9 Å². The van der Waals surface area contributed by atoms with E-state index in [4.69, 9.17) is 25.8 Å². The van der Waals surface area contributed by atoms with Gasteiger partial charge >= 0.3 is 0 Å². The summed E-state index contributed by atoms with van der Waals surface area (Å²) in [4.78, 5) is 16.7. The average Bonchev–Trinajstić information content (AvgIpc) is 2.78. The summed E-state index contributed by atoms with van der Waals surface area (Å²) in [5.74, 6) is 1.53. The van der Waals surface area contributed by atoms with E-state index in [-0.39, 0.29) is 24.6 Å². The number of carbonyl (C=O) groups is 1. The van der Waals surface area contributed by atoms with Crippen LogP contribution in [0.4, 0.5) is 0 Å². The van der Waals surface area contributed by atoms with E-state index in [2.05, 4.69) is 10.3 Å². The molecule has 1 heterocycles. The molecule has 0 saturated carbocycles. The Morgan fingerprint density at radius 2 is 1.73 bits per heavy atom. The van der Waals surface area contributed by atoms with E-state index < -0.39 is 12.0 Å². The second-order valence-corrected chi connectivity index (χ2v) is 6.70. The molecule has 0 bridgehead atoms. The molecule has 0 saturated heterocycles. The standard InChI is InChI=1S/C22H21ClN2O5/c1-28-17-8-10-18(11-9-17)29-14-16(26)13-25-21(27)20-3-2-12-24-22(20)30-19-6-4-15(23)5-7-19/h2-12,16,26H,13-14H2,1H3,(H,25,27). The Balaban J connectivity index is 1.53. The second-order valence-electron chi connectivity index (χ2n) is 6.26. The van der Waals surface area contributed by atoms with Crippen LogP contribution in [0.3, 0.4) is 0 Å². The summed E-state index contributed by atoms with van der Waals surface area (Å²) in [6, 6.07) is 16.9. The fourth-order valence-corrected chi connectivity index (χ4v) is 2.61. The molecule has 1 unspecified atom stereocenters. The molecule has 3 aromatic rings. The number of nitrogens with zero attached hydrogens (tertiary/aromatic N) is 1. The van der Waals surface area contributed by atoms with E-state index in [9.17, 15) is 9.90 Å². The van der Waals surface area contributed by atoms with Crippen molar-refractivity contribution in [3.05, 3.63) is 77.4 Å². The van der Waals surface area contributed by atoms with Crippen molar-refractivity contribution in [3.63, 3.8) is 0 Å². The van der Waals surface area contributed by atoms with Crippen molar-refractivity contribution >= 4 is 17.5 Å². The number of aliphatic hydroxyl groups excluding tert-OH is 1. The number of halogens is 1. The summed E-state index contributed by atoms with van der Waals surface area (Å²) < 4.78 is 16.3. The quantitative estimate of drug-likeness (QED) is 0.540. The van der Waals surface area contributed by atoms with Crippen molar-refractivity contribution in [1.29, 1.82) is 0 Å². The van der Waals surface area contributed by atoms with Gasteiger partial charge in [0.1, 0.15) is 35.5 Å². The Hall–Kier alpha value is -3.29. The van der Waals surface area contributed by atoms with E-state index in [1.807, 2.05) is 0 Å². The molecule has 0 fully saturated rings. The van der Waals surface area contributed by atoms with Crippen molar-refractivity contribution in [1.82, 2.24) is 10.3 Å². The Bertz CT molecular complexity index is 964. The highest BCUT2D eigenvalue weighted by molar-refractivity contribution is 6.30. The molecule has 0 aliphatic rings. The fourth-order valence-electron chi connectivity index (χ4n) is 2.49. The lowest BCUT2D eigenvalue weighted by Gasteiger charge is -2.14. The molecule has 2 N–H and O–H groups in total. The first-order valence-corrected chi connectivity index (χ1v) is 9.54. The number of ether oxygens (including phenoxy) is 3. The SMILES string of the molecule is COc1ccc(OCC(O)CNC(=O)c2cccnc2Oc2ccc(Cl)cc2)cc1. The monoisotopic (exact) mass is 428 g/mol. The minimum Gasteiger partial charge on any atom is -0.497 e. The number of nitrogens with one attached hydrogen (secondary N) is 1. The van der Waals surface area contributed by atoms with Crippen molar-refractivity contribution < 1.29 is 24.1 Å². The van der Waals surface area contributed by atoms with Crippen LogP contribution in [-0.4, -0.2) is 42.4 Å². The highest BCUT2D eigenvalue weighted by atomic mass is 35.5. The van der Waals surface area contributed by atoms with Gasteiger partial charge in [-0.3, -0.25) is 4.79 Å². The predicted molar refractivity (Wildman–Crippen MR) is 113 cm³/mol. The fraction of sp³-hybridized carbons (Fsp3) is 0.182. The number of hydrogen-bond donors (Lipinski definition) is 2. The molecule has 2 aromatic carbocycles. The molecule has 8 heteroatoms. The van der Waals surface area contributed by atoms with Crippen LogP contribution in [0.2, 0.25) is 5.02 Å². The minimum atomic E-state index is -0.895. The Morgan fingerprint density at radius 1 is 1.07 bits per heavy atom. The zero-order valence-corrected chi connectivity index (χ0v) is 17.0. The Labute approximate surface area is 179 Å². The van der Waals surface area contributed by atoms with E-state index in [0.717, 1.165) is 0 Å². The predicted octanol–water partition coefficient (Wildman–Crippen LogP) is 3.71. The summed E-state index contributed by atoms with van der Waals surface area (Å²) in [7, 11) is 1.58. The highest BCUT2D eigenvalue weighted by Crippen LogP contribution is 2.24. The van der Waals surface area contributed by atoms with E-state index in [1.165, 1.54) is 6.20 Å². The lowest BCUT2D eigenvalue weighted by Crippen LogP contribution is -2.35. The smallest absolute Gasteiger partial charge is 0.256 e. The molecule has 7 nitrogen and oxygen atoms in total. The number of aromatic nitrogens is 1. The normalized spacial score (nSPS) is 11.4. The van der Waals surface area contributed by atoms with Gasteiger partial charge in [0.25, 0.3) is 5.91 Å². The third-order valence-corrected chi connectivity index (χ3v) is 4.30. The number of benzene rings is 2. The van der Waals surface area contributed by atoms with Crippen LogP contribution in [-0.2, 0) is 0 Å². The molecular formula is C22H21ClN2O5. The largest absolute Gasteiger partial charge is 0.497 e. The van der Waals surface area contributed by atoms with Gasteiger partial charge in [0, 0.05) is 17.8 Å². The maximum atomic E-state index is 12.5. The van der Waals surface area contributed by atoms with Gasteiger partial charge < -0.3 is 24.6 Å². The Kier molecular flexibility index (Phi) is 7.48. The number of rotatable bonds is 9. The van der Waals surface area contributed by atoms with Gasteiger partial charge in [-0.15, -0.1) is 0 Å². The molecule has 1 amide bonds. The molecule has 30 heavy (non-hydrogen) atoms. The molecule has 0 aliphatic heterocycles. The van der Waals surface area contributed by atoms with Crippen LogP contribution in [0.15, 0.2) is 66.9 Å². The van der Waals surface area contributed by atoms with Gasteiger partial charge in [0.15, 0.2) is 0 Å². The first-order chi connectivity index (χ1) is 14.5. The summed E-state index contributed by atoms with van der Waals surface area (Å²) in [6.45, 7) is 0.0258. The molecule has 0 radical (unpaired) electrons. The number of amides is 1. The third kappa shape index (κ3) is 6.10. The van der Waals surface area contributed by atoms with Crippen LogP contribution in [0.5, 0.6) is 23.1 Å². The number of hydrogen-bond acceptors (Lipinski definition) is 6. The number of methoxy groups -OCH3 is 1. The van der Waals surface area contributed by atoms with Gasteiger partial charge in [0.2, 0.25) is 5.88 Å². The van der Waals surface area contributed by atoms with Crippen molar-refractivity contribution in [3.8, 4) is 23.1 Å². The summed E-state index contributed by atoms with van der Waals surface area (Å²) in [5, 5.41) is 13.3. The van der Waals surface area contributed by atoms with Crippen molar-refractivity contribution in [2.24, 2.45) is 0 Å². The molecule has 0 spiro atoms. The van der Waals surface area contributed by atoms with E-state index >= 15 is 0 Å². The Morgan fingerprint density at radius 3 is 2.43 bits per heavy atom. The van der Waals surface area contributed by atoms with E-state index in [1.54, 1.807) is 67.8 Å². The number of pyridine rings is 1. The van der Waals surface area contributed by atoms with Crippen LogP contribution in [0.25, 0.3) is 0 Å². The van der Waals surface area contributed by atoms with Gasteiger partial charge in [-0.1, -0.05) is 11.6 Å². The highest BCUT2D eigenvalue weighted by Gasteiger charge is 2.16. The summed E-state index contributed by atoms with van der Waals surface area (Å²) >= 11 is 5.87. The lowest BCUT2D eigenvalue weighted by atomic mass is 10.2. The average molecular weight is 429 g/mol. The molecule has 156 valence electrons. The first kappa shape index (κ1) is 21.4. The van der Waals surface area contributed by atoms with Crippen molar-refractivity contribution in [2.75, 3.05) is 20.3 Å². The van der Waals surface area contributed by atoms with E-state index in [0.29, 0.717) is 22.3 Å². The van der Waals surface area contributed by atoms with Crippen LogP contribution in [0, 0.1) is 0 Å². The van der Waals surface area contributed by atoms with Crippen LogP contribution in [0.1, 0.15) is 10.4 Å². The molecule has 3 rings (SSSR count). The maximum absolute atomic E-state index is 12.5. The van der Waals surface area contributed by atoms with Gasteiger partial charge in [-0.2, -0.15) is 0 Å². The molecule has 1 aromatic heterocycles. The third-order valence-electron chi connectivity index (χ3n) is 4.04. The molecular weight excluding hydrogens is 408 g/mol. The molecule has 0 aliphatic carbocycles. The summed E-state index contributed by atoms with van der Waals surface area (Å²) in [6.07, 6.45) is 0.632. The van der Waals surface area contributed by atoms with Crippen LogP contribution >= 0.6 is 11.6 Å². The lowest BCUT2D eigenvalue weighted by molar-refractivity contribution is 0.0841. The van der Waals surface area contributed by atoms with Crippen LogP contribution < -0.4 is 19.5 Å². The summed E-state index contributed by atoms with van der Waals surface area (Å²) in [5.41, 5.74) is 0.246. The zero-order valence-electron chi connectivity index (χ0n) is 16.2.